The Morgan fingerprint density at radius 3 is 1.88 bits per heavy atom. The molecule has 1 aromatic carbocycles. The smallest absolute Gasteiger partial charge is 0.314 e. The quantitative estimate of drug-likeness (QED) is 0.333. The van der Waals surface area contributed by atoms with Crippen LogP contribution < -0.4 is 5.73 Å². The Bertz CT molecular complexity index is 766. The highest BCUT2D eigenvalue weighted by Crippen LogP contribution is 2.51. The molecule has 4 heteroatoms. The molecule has 0 aliphatic heterocycles. The Balaban J connectivity index is 3.27. The molecule has 0 saturated carbocycles. The molecule has 1 rings (SSSR count). The molecule has 3 N–H and O–H groups in total. The SMILES string of the molecule is CCCCC(c1ccc(O)cc1)C(C)(C)CC(C)(C)CC(C)(C(=O)OC(C)(C)C)C(C)(C)N. The standard InChI is InChI=1S/C29H51NO3/c1-12-13-14-23(21-15-17-22(31)18-16-21)27(7,8)19-26(5,6)20-29(11,28(9,10)30)24(32)33-25(2,3)4/h15-18,23,31H,12-14,19-20,30H2,1-11H3. The van der Waals surface area contributed by atoms with Gasteiger partial charge in [0, 0.05) is 5.54 Å². The zero-order chi connectivity index (χ0) is 25.9. The van der Waals surface area contributed by atoms with Crippen molar-refractivity contribution in [2.45, 2.75) is 125 Å². The number of phenols is 1. The van der Waals surface area contributed by atoms with E-state index in [0.29, 0.717) is 18.1 Å². The minimum atomic E-state index is -0.822. The van der Waals surface area contributed by atoms with Crippen LogP contribution in [-0.4, -0.2) is 22.2 Å². The third-order valence-corrected chi connectivity index (χ3v) is 7.12. The van der Waals surface area contributed by atoms with E-state index in [4.69, 9.17) is 10.5 Å². The predicted octanol–water partition coefficient (Wildman–Crippen LogP) is 7.58. The highest BCUT2D eigenvalue weighted by molar-refractivity contribution is 5.78. The van der Waals surface area contributed by atoms with Gasteiger partial charge in [-0.3, -0.25) is 4.79 Å². The first-order valence-corrected chi connectivity index (χ1v) is 12.6. The van der Waals surface area contributed by atoms with Crippen LogP contribution in [0.2, 0.25) is 0 Å². The number of nitrogens with two attached hydrogens (primary N) is 1. The van der Waals surface area contributed by atoms with E-state index in [-0.39, 0.29) is 16.8 Å². The van der Waals surface area contributed by atoms with Crippen LogP contribution >= 0.6 is 0 Å². The second kappa shape index (κ2) is 10.4. The van der Waals surface area contributed by atoms with Gasteiger partial charge in [0.05, 0.1) is 5.41 Å². The average molecular weight is 462 g/mol. The molecule has 1 aromatic rings. The number of rotatable bonds is 11. The Morgan fingerprint density at radius 2 is 1.45 bits per heavy atom. The summed E-state index contributed by atoms with van der Waals surface area (Å²) in [5.41, 5.74) is 5.61. The molecule has 0 saturated heterocycles. The summed E-state index contributed by atoms with van der Waals surface area (Å²) < 4.78 is 5.84. The summed E-state index contributed by atoms with van der Waals surface area (Å²) in [6.45, 7) is 22.9. The zero-order valence-corrected chi connectivity index (χ0v) is 23.3. The summed E-state index contributed by atoms with van der Waals surface area (Å²) in [5.74, 6) is 0.426. The second-order valence-electron chi connectivity index (χ2n) is 13.3. The van der Waals surface area contributed by atoms with Crippen LogP contribution in [0.1, 0.15) is 120 Å². The van der Waals surface area contributed by atoms with Crippen molar-refractivity contribution >= 4 is 5.97 Å². The van der Waals surface area contributed by atoms with Crippen molar-refractivity contribution in [3.8, 4) is 5.75 Å². The molecule has 4 nitrogen and oxygen atoms in total. The van der Waals surface area contributed by atoms with Crippen LogP contribution in [0.3, 0.4) is 0 Å². The third kappa shape index (κ3) is 8.31. The first-order valence-electron chi connectivity index (χ1n) is 12.6. The molecule has 0 heterocycles. The van der Waals surface area contributed by atoms with E-state index in [2.05, 4.69) is 46.8 Å². The Hall–Kier alpha value is -1.55. The lowest BCUT2D eigenvalue weighted by atomic mass is 9.58. The summed E-state index contributed by atoms with van der Waals surface area (Å²) >= 11 is 0. The normalized spacial score (nSPS) is 16.2. The van der Waals surface area contributed by atoms with E-state index < -0.39 is 16.6 Å². The van der Waals surface area contributed by atoms with Gasteiger partial charge in [-0.1, -0.05) is 59.6 Å². The van der Waals surface area contributed by atoms with Gasteiger partial charge in [-0.05, 0) is 95.2 Å². The van der Waals surface area contributed by atoms with Gasteiger partial charge in [-0.2, -0.15) is 0 Å². The molecule has 0 aliphatic carbocycles. The van der Waals surface area contributed by atoms with Gasteiger partial charge in [0.2, 0.25) is 0 Å². The molecule has 2 atom stereocenters. The van der Waals surface area contributed by atoms with E-state index in [0.717, 1.165) is 25.7 Å². The first-order chi connectivity index (χ1) is 14.7. The number of ether oxygens (including phenoxy) is 1. The average Bonchev–Trinajstić information content (AvgIpc) is 2.59. The van der Waals surface area contributed by atoms with Crippen molar-refractivity contribution in [3.63, 3.8) is 0 Å². The Labute approximate surface area is 203 Å². The number of benzene rings is 1. The Morgan fingerprint density at radius 1 is 0.939 bits per heavy atom. The fourth-order valence-corrected chi connectivity index (χ4v) is 5.45. The molecule has 0 fully saturated rings. The summed E-state index contributed by atoms with van der Waals surface area (Å²) in [5, 5.41) is 9.78. The van der Waals surface area contributed by atoms with Gasteiger partial charge < -0.3 is 15.6 Å². The van der Waals surface area contributed by atoms with Gasteiger partial charge in [0.25, 0.3) is 0 Å². The van der Waals surface area contributed by atoms with Crippen LogP contribution in [0.15, 0.2) is 24.3 Å². The summed E-state index contributed by atoms with van der Waals surface area (Å²) in [6, 6.07) is 7.68. The lowest BCUT2D eigenvalue weighted by molar-refractivity contribution is -0.173. The van der Waals surface area contributed by atoms with Gasteiger partial charge in [0.15, 0.2) is 0 Å². The molecule has 0 spiro atoms. The molecule has 2 unspecified atom stereocenters. The fourth-order valence-electron chi connectivity index (χ4n) is 5.45. The molecular weight excluding hydrogens is 410 g/mol. The van der Waals surface area contributed by atoms with Crippen molar-refractivity contribution in [2.75, 3.05) is 0 Å². The van der Waals surface area contributed by atoms with Gasteiger partial charge in [-0.15, -0.1) is 0 Å². The molecule has 190 valence electrons. The summed E-state index contributed by atoms with van der Waals surface area (Å²) in [4.78, 5) is 13.4. The van der Waals surface area contributed by atoms with Crippen molar-refractivity contribution in [1.29, 1.82) is 0 Å². The number of carbonyl (C=O) groups is 1. The fraction of sp³-hybridized carbons (Fsp3) is 0.759. The van der Waals surface area contributed by atoms with Crippen molar-refractivity contribution in [3.05, 3.63) is 29.8 Å². The zero-order valence-electron chi connectivity index (χ0n) is 23.3. The van der Waals surface area contributed by atoms with Crippen molar-refractivity contribution < 1.29 is 14.6 Å². The lowest BCUT2D eigenvalue weighted by Gasteiger charge is -2.48. The van der Waals surface area contributed by atoms with Crippen LogP contribution in [0.5, 0.6) is 5.75 Å². The predicted molar refractivity (Wildman–Crippen MR) is 139 cm³/mol. The molecule has 0 aliphatic rings. The van der Waals surface area contributed by atoms with Crippen LogP contribution in [0, 0.1) is 16.2 Å². The van der Waals surface area contributed by atoms with Crippen molar-refractivity contribution in [2.24, 2.45) is 22.0 Å². The highest BCUT2D eigenvalue weighted by Gasteiger charge is 2.51. The molecular formula is C29H51NO3. The number of phenolic OH excluding ortho intramolecular Hbond substituents is 1. The maximum Gasteiger partial charge on any atom is 0.314 e. The van der Waals surface area contributed by atoms with Gasteiger partial charge in [-0.25, -0.2) is 0 Å². The van der Waals surface area contributed by atoms with Gasteiger partial charge >= 0.3 is 5.97 Å². The maximum absolute atomic E-state index is 13.4. The van der Waals surface area contributed by atoms with E-state index in [1.54, 1.807) is 12.1 Å². The number of carbonyl (C=O) groups excluding carboxylic acids is 1. The first kappa shape index (κ1) is 29.5. The number of hydrogen-bond acceptors (Lipinski definition) is 4. The molecule has 0 aromatic heterocycles. The molecule has 0 amide bonds. The number of hydrogen-bond donors (Lipinski definition) is 2. The van der Waals surface area contributed by atoms with Crippen LogP contribution in [0.25, 0.3) is 0 Å². The minimum Gasteiger partial charge on any atom is -0.508 e. The van der Waals surface area contributed by atoms with E-state index in [1.807, 2.05) is 41.5 Å². The lowest BCUT2D eigenvalue weighted by Crippen LogP contribution is -2.57. The number of unbranched alkanes of at least 4 members (excludes halogenated alkanes) is 1. The minimum absolute atomic E-state index is 0.0107. The monoisotopic (exact) mass is 461 g/mol. The summed E-state index contributed by atoms with van der Waals surface area (Å²) in [6.07, 6.45) is 4.96. The van der Waals surface area contributed by atoms with Crippen LogP contribution in [0.4, 0.5) is 0 Å². The largest absolute Gasteiger partial charge is 0.508 e. The summed E-state index contributed by atoms with van der Waals surface area (Å²) in [7, 11) is 0. The molecule has 0 bridgehead atoms. The van der Waals surface area contributed by atoms with Gasteiger partial charge in [0.1, 0.15) is 11.4 Å². The Kier molecular flexibility index (Phi) is 9.27. The molecule has 33 heavy (non-hydrogen) atoms. The van der Waals surface area contributed by atoms with Crippen molar-refractivity contribution in [1.82, 2.24) is 0 Å². The van der Waals surface area contributed by atoms with E-state index >= 15 is 0 Å². The highest BCUT2D eigenvalue weighted by atomic mass is 16.6. The molecule has 0 radical (unpaired) electrons. The second-order valence-corrected chi connectivity index (χ2v) is 13.3. The van der Waals surface area contributed by atoms with Crippen LogP contribution in [-0.2, 0) is 9.53 Å². The maximum atomic E-state index is 13.4. The topological polar surface area (TPSA) is 72.5 Å². The number of esters is 1. The number of aromatic hydroxyl groups is 1. The third-order valence-electron chi connectivity index (χ3n) is 7.12. The van der Waals surface area contributed by atoms with E-state index in [9.17, 15) is 9.90 Å². The van der Waals surface area contributed by atoms with E-state index in [1.165, 1.54) is 5.56 Å².